The molecule has 2 atom stereocenters. The van der Waals surface area contributed by atoms with Gasteiger partial charge in [0.15, 0.2) is 0 Å². The second-order valence-corrected chi connectivity index (χ2v) is 8.38. The summed E-state index contributed by atoms with van der Waals surface area (Å²) in [5.74, 6) is 0. The first-order chi connectivity index (χ1) is 11.2. The number of piperidine rings is 1. The van der Waals surface area contributed by atoms with Gasteiger partial charge in [-0.1, -0.05) is 35.3 Å². The first-order valence-electron chi connectivity index (χ1n) is 8.42. The molecule has 1 saturated heterocycles. The van der Waals surface area contributed by atoms with Gasteiger partial charge in [-0.2, -0.15) is 0 Å². The van der Waals surface area contributed by atoms with Crippen LogP contribution in [0, 0.1) is 0 Å². The molecule has 2 heterocycles. The van der Waals surface area contributed by atoms with Crippen LogP contribution in [0.2, 0.25) is 10.0 Å². The lowest BCUT2D eigenvalue weighted by atomic mass is 9.83. The molecule has 130 valence electrons. The van der Waals surface area contributed by atoms with Crippen molar-refractivity contribution in [3.05, 3.63) is 39.9 Å². The second-order valence-electron chi connectivity index (χ2n) is 7.56. The van der Waals surface area contributed by atoms with Crippen molar-refractivity contribution in [2.24, 2.45) is 0 Å². The molecule has 0 N–H and O–H groups in total. The minimum absolute atomic E-state index is 0.0943. The summed E-state index contributed by atoms with van der Waals surface area (Å²) in [5.41, 5.74) is 1.85. The molecule has 2 unspecified atom stereocenters. The molecule has 24 heavy (non-hydrogen) atoms. The Bertz CT molecular complexity index is 678. The zero-order valence-corrected chi connectivity index (χ0v) is 15.8. The van der Waals surface area contributed by atoms with Gasteiger partial charge in [-0.05, 0) is 69.7 Å². The molecule has 0 saturated carbocycles. The van der Waals surface area contributed by atoms with E-state index in [9.17, 15) is 4.79 Å². The third kappa shape index (κ3) is 3.73. The predicted molar refractivity (Wildman–Crippen MR) is 98.6 cm³/mol. The van der Waals surface area contributed by atoms with Gasteiger partial charge in [0.2, 0.25) is 0 Å². The zero-order valence-electron chi connectivity index (χ0n) is 14.3. The fourth-order valence-electron chi connectivity index (χ4n) is 3.54. The molecule has 0 radical (unpaired) electrons. The number of amides is 1. The van der Waals surface area contributed by atoms with Crippen LogP contribution in [-0.2, 0) is 4.74 Å². The highest BCUT2D eigenvalue weighted by Gasteiger charge is 2.39. The number of halogens is 2. The third-order valence-corrected chi connectivity index (χ3v) is 5.27. The van der Waals surface area contributed by atoms with E-state index in [1.54, 1.807) is 0 Å². The minimum atomic E-state index is -0.473. The smallest absolute Gasteiger partial charge is 0.411 e. The van der Waals surface area contributed by atoms with Crippen molar-refractivity contribution in [3.8, 4) is 0 Å². The molecule has 1 aromatic rings. The molecule has 3 rings (SSSR count). The molecule has 0 spiro atoms. The van der Waals surface area contributed by atoms with Gasteiger partial charge in [0.05, 0.1) is 16.1 Å². The van der Waals surface area contributed by atoms with E-state index in [4.69, 9.17) is 27.9 Å². The highest BCUT2D eigenvalue weighted by atomic mass is 35.5. The average molecular weight is 368 g/mol. The number of carbonyl (C=O) groups excluding carboxylic acids is 1. The maximum absolute atomic E-state index is 12.6. The largest absolute Gasteiger partial charge is 0.444 e. The van der Waals surface area contributed by atoms with Crippen molar-refractivity contribution < 1.29 is 9.53 Å². The Kier molecular flexibility index (Phi) is 4.85. The number of hydrogen-bond acceptors (Lipinski definition) is 2. The molecule has 0 aliphatic carbocycles. The van der Waals surface area contributed by atoms with Gasteiger partial charge in [0.25, 0.3) is 0 Å². The first-order valence-corrected chi connectivity index (χ1v) is 9.17. The van der Waals surface area contributed by atoms with Crippen LogP contribution >= 0.6 is 23.2 Å². The van der Waals surface area contributed by atoms with E-state index in [0.29, 0.717) is 10.0 Å². The van der Waals surface area contributed by atoms with Crippen LogP contribution in [0.5, 0.6) is 0 Å². The van der Waals surface area contributed by atoms with Crippen LogP contribution in [-0.4, -0.2) is 28.7 Å². The van der Waals surface area contributed by atoms with Crippen molar-refractivity contribution in [1.82, 2.24) is 4.90 Å². The summed E-state index contributed by atoms with van der Waals surface area (Å²) in [6.45, 7) is 5.71. The van der Waals surface area contributed by atoms with E-state index < -0.39 is 5.60 Å². The van der Waals surface area contributed by atoms with Gasteiger partial charge >= 0.3 is 6.09 Å². The van der Waals surface area contributed by atoms with E-state index in [-0.39, 0.29) is 18.2 Å². The molecular formula is C19H23Cl2NO2. The van der Waals surface area contributed by atoms with Gasteiger partial charge in [-0.3, -0.25) is 4.90 Å². The molecule has 2 aliphatic heterocycles. The average Bonchev–Trinajstić information content (AvgIpc) is 2.47. The number of nitrogens with zero attached hydrogens (tertiary/aromatic N) is 1. The van der Waals surface area contributed by atoms with Gasteiger partial charge in [-0.15, -0.1) is 0 Å². The summed E-state index contributed by atoms with van der Waals surface area (Å²) >= 11 is 12.2. The molecule has 1 aromatic carbocycles. The fourth-order valence-corrected chi connectivity index (χ4v) is 3.84. The van der Waals surface area contributed by atoms with E-state index >= 15 is 0 Å². The Hall–Kier alpha value is -1.19. The number of benzene rings is 1. The van der Waals surface area contributed by atoms with E-state index in [0.717, 1.165) is 31.2 Å². The molecule has 1 amide bonds. The van der Waals surface area contributed by atoms with Crippen molar-refractivity contribution in [2.75, 3.05) is 0 Å². The Labute approximate surface area is 153 Å². The van der Waals surface area contributed by atoms with Crippen LogP contribution < -0.4 is 0 Å². The van der Waals surface area contributed by atoms with Gasteiger partial charge < -0.3 is 4.74 Å². The van der Waals surface area contributed by atoms with Crippen LogP contribution in [0.25, 0.3) is 5.57 Å². The summed E-state index contributed by atoms with van der Waals surface area (Å²) in [4.78, 5) is 14.5. The molecule has 0 aromatic heterocycles. The Morgan fingerprint density at radius 1 is 1.21 bits per heavy atom. The zero-order chi connectivity index (χ0) is 17.5. The summed E-state index contributed by atoms with van der Waals surface area (Å²) in [6, 6.07) is 6.02. The monoisotopic (exact) mass is 367 g/mol. The van der Waals surface area contributed by atoms with Crippen LogP contribution in [0.15, 0.2) is 24.3 Å². The lowest BCUT2D eigenvalue weighted by Crippen LogP contribution is -2.53. The van der Waals surface area contributed by atoms with Crippen LogP contribution in [0.3, 0.4) is 0 Å². The molecule has 5 heteroatoms. The van der Waals surface area contributed by atoms with E-state index in [2.05, 4.69) is 6.08 Å². The van der Waals surface area contributed by atoms with Crippen molar-refractivity contribution >= 4 is 34.9 Å². The number of hydrogen-bond donors (Lipinski definition) is 0. The van der Waals surface area contributed by atoms with Crippen LogP contribution in [0.4, 0.5) is 4.79 Å². The topological polar surface area (TPSA) is 29.5 Å². The Morgan fingerprint density at radius 3 is 2.58 bits per heavy atom. The second kappa shape index (κ2) is 6.61. The number of rotatable bonds is 1. The maximum atomic E-state index is 12.6. The van der Waals surface area contributed by atoms with Gasteiger partial charge in [0.1, 0.15) is 5.60 Å². The normalized spacial score (nSPS) is 23.7. The number of carbonyl (C=O) groups is 1. The van der Waals surface area contributed by atoms with Crippen LogP contribution in [0.1, 0.15) is 52.0 Å². The highest BCUT2D eigenvalue weighted by Crippen LogP contribution is 2.39. The van der Waals surface area contributed by atoms with Gasteiger partial charge in [0, 0.05) is 6.04 Å². The SMILES string of the molecule is CC(C)(C)OC(=O)N1C2C=C(c3ccc(Cl)c(Cl)c3)CC1CCC2. The molecule has 2 aliphatic rings. The number of fused-ring (bicyclic) bond motifs is 2. The summed E-state index contributed by atoms with van der Waals surface area (Å²) in [6.07, 6.45) is 5.93. The Balaban J connectivity index is 1.87. The summed E-state index contributed by atoms with van der Waals surface area (Å²) < 4.78 is 5.61. The predicted octanol–water partition coefficient (Wildman–Crippen LogP) is 5.94. The fraction of sp³-hybridized carbons (Fsp3) is 0.526. The third-order valence-electron chi connectivity index (χ3n) is 4.53. The lowest BCUT2D eigenvalue weighted by molar-refractivity contribution is 0.0000862. The standard InChI is InChI=1S/C19H23Cl2NO2/c1-19(2,3)24-18(23)22-14-5-4-6-15(22)10-13(9-14)12-7-8-16(20)17(21)11-12/h7-9,11,14-15H,4-6,10H2,1-3H3. The lowest BCUT2D eigenvalue weighted by Gasteiger charge is -2.45. The molecule has 1 fully saturated rings. The Morgan fingerprint density at radius 2 is 1.96 bits per heavy atom. The molecule has 2 bridgehead atoms. The minimum Gasteiger partial charge on any atom is -0.444 e. The molecular weight excluding hydrogens is 345 g/mol. The van der Waals surface area contributed by atoms with E-state index in [1.807, 2.05) is 43.9 Å². The van der Waals surface area contributed by atoms with Crippen molar-refractivity contribution in [2.45, 2.75) is 64.1 Å². The maximum Gasteiger partial charge on any atom is 0.411 e. The van der Waals surface area contributed by atoms with Crippen molar-refractivity contribution in [1.29, 1.82) is 0 Å². The summed E-state index contributed by atoms with van der Waals surface area (Å²) in [7, 11) is 0. The quantitative estimate of drug-likeness (QED) is 0.614. The van der Waals surface area contributed by atoms with Gasteiger partial charge in [-0.25, -0.2) is 4.79 Å². The summed E-state index contributed by atoms with van der Waals surface area (Å²) in [5, 5.41) is 1.13. The first kappa shape index (κ1) is 17.6. The highest BCUT2D eigenvalue weighted by molar-refractivity contribution is 6.42. The molecule has 3 nitrogen and oxygen atoms in total. The van der Waals surface area contributed by atoms with Crippen molar-refractivity contribution in [3.63, 3.8) is 0 Å². The number of ether oxygens (including phenoxy) is 1. The van der Waals surface area contributed by atoms with E-state index in [1.165, 1.54) is 5.57 Å².